The summed E-state index contributed by atoms with van der Waals surface area (Å²) in [6.07, 6.45) is 4.02. The van der Waals surface area contributed by atoms with Crippen molar-refractivity contribution in [3.63, 3.8) is 0 Å². The summed E-state index contributed by atoms with van der Waals surface area (Å²) < 4.78 is 7.42. The fourth-order valence-corrected chi connectivity index (χ4v) is 1.56. The van der Waals surface area contributed by atoms with Gasteiger partial charge in [-0.15, -0.1) is 0 Å². The maximum atomic E-state index is 5.41. The van der Waals surface area contributed by atoms with E-state index in [4.69, 9.17) is 4.74 Å². The summed E-state index contributed by atoms with van der Waals surface area (Å²) in [5.41, 5.74) is 1.25. The minimum atomic E-state index is 0.855. The predicted molar refractivity (Wildman–Crippen MR) is 65.3 cm³/mol. The van der Waals surface area contributed by atoms with Gasteiger partial charge in [0.2, 0.25) is 0 Å². The van der Waals surface area contributed by atoms with Crippen LogP contribution in [-0.2, 0) is 17.8 Å². The normalized spacial score (nSPS) is 10.9. The number of hydrogen-bond acceptors (Lipinski definition) is 3. The lowest BCUT2D eigenvalue weighted by atomic mass is 10.4. The molecule has 0 spiro atoms. The molecule has 0 unspecified atom stereocenters. The monoisotopic (exact) mass is 225 g/mol. The van der Waals surface area contributed by atoms with Crippen LogP contribution in [0, 0.1) is 0 Å². The molecule has 0 aliphatic heterocycles. The largest absolute Gasteiger partial charge is 0.381 e. The molecule has 0 fully saturated rings. The number of hydrogen-bond donors (Lipinski definition) is 1. The Kier molecular flexibility index (Phi) is 6.85. The van der Waals surface area contributed by atoms with Gasteiger partial charge in [0.25, 0.3) is 0 Å². The molecule has 0 saturated carbocycles. The van der Waals surface area contributed by atoms with Gasteiger partial charge in [0.15, 0.2) is 0 Å². The number of ether oxygens (including phenoxy) is 1. The molecular weight excluding hydrogens is 202 g/mol. The zero-order valence-electron chi connectivity index (χ0n) is 10.4. The molecule has 1 heterocycles. The molecule has 4 nitrogen and oxygen atoms in total. The van der Waals surface area contributed by atoms with E-state index in [1.54, 1.807) is 0 Å². The van der Waals surface area contributed by atoms with Crippen LogP contribution in [0.1, 0.15) is 32.4 Å². The Morgan fingerprint density at radius 2 is 2.25 bits per heavy atom. The topological polar surface area (TPSA) is 39.1 Å². The standard InChI is InChI=1S/C12H23N3O/c1-3-9-16-10-5-7-13-11-12-6-8-14-15(12)4-2/h6,8,13H,3-5,7,9-11H2,1-2H3. The second-order valence-electron chi connectivity index (χ2n) is 3.78. The molecule has 1 N–H and O–H groups in total. The Labute approximate surface area is 98.0 Å². The molecule has 0 aliphatic carbocycles. The minimum Gasteiger partial charge on any atom is -0.381 e. The highest BCUT2D eigenvalue weighted by Gasteiger charge is 1.98. The summed E-state index contributed by atoms with van der Waals surface area (Å²) in [5, 5.41) is 7.62. The zero-order valence-corrected chi connectivity index (χ0v) is 10.4. The Bertz CT molecular complexity index is 273. The third-order valence-corrected chi connectivity index (χ3v) is 2.40. The van der Waals surface area contributed by atoms with Crippen LogP contribution in [0.3, 0.4) is 0 Å². The van der Waals surface area contributed by atoms with Crippen molar-refractivity contribution in [1.82, 2.24) is 15.1 Å². The highest BCUT2D eigenvalue weighted by atomic mass is 16.5. The third-order valence-electron chi connectivity index (χ3n) is 2.40. The molecule has 0 atom stereocenters. The van der Waals surface area contributed by atoms with E-state index in [0.717, 1.165) is 45.7 Å². The van der Waals surface area contributed by atoms with E-state index in [9.17, 15) is 0 Å². The van der Waals surface area contributed by atoms with Gasteiger partial charge in [0.05, 0.1) is 5.69 Å². The fraction of sp³-hybridized carbons (Fsp3) is 0.750. The molecule has 0 aromatic carbocycles. The highest BCUT2D eigenvalue weighted by Crippen LogP contribution is 1.97. The first-order chi connectivity index (χ1) is 7.88. The minimum absolute atomic E-state index is 0.855. The molecule has 4 heteroatoms. The second-order valence-corrected chi connectivity index (χ2v) is 3.78. The van der Waals surface area contributed by atoms with Crippen molar-refractivity contribution in [3.8, 4) is 0 Å². The first-order valence-electron chi connectivity index (χ1n) is 6.17. The van der Waals surface area contributed by atoms with Crippen LogP contribution in [0.2, 0.25) is 0 Å². The maximum absolute atomic E-state index is 5.41. The quantitative estimate of drug-likeness (QED) is 0.651. The van der Waals surface area contributed by atoms with E-state index >= 15 is 0 Å². The van der Waals surface area contributed by atoms with Crippen LogP contribution < -0.4 is 5.32 Å². The average molecular weight is 225 g/mol. The molecule has 1 rings (SSSR count). The first kappa shape index (κ1) is 13.2. The van der Waals surface area contributed by atoms with Crippen LogP contribution in [0.15, 0.2) is 12.3 Å². The molecule has 0 saturated heterocycles. The second kappa shape index (κ2) is 8.30. The van der Waals surface area contributed by atoms with E-state index in [1.165, 1.54) is 5.69 Å². The van der Waals surface area contributed by atoms with Gasteiger partial charge in [0.1, 0.15) is 0 Å². The molecule has 0 aliphatic rings. The van der Waals surface area contributed by atoms with Gasteiger partial charge in [0, 0.05) is 32.5 Å². The average Bonchev–Trinajstić information content (AvgIpc) is 2.75. The first-order valence-corrected chi connectivity index (χ1v) is 6.17. The summed E-state index contributed by atoms with van der Waals surface area (Å²) in [6, 6.07) is 2.06. The van der Waals surface area contributed by atoms with Gasteiger partial charge < -0.3 is 10.1 Å². The molecule has 1 aromatic rings. The van der Waals surface area contributed by atoms with Gasteiger partial charge in [-0.2, -0.15) is 5.10 Å². The fourth-order valence-electron chi connectivity index (χ4n) is 1.56. The SMILES string of the molecule is CCCOCCCNCc1ccnn1CC. The number of aromatic nitrogens is 2. The summed E-state index contributed by atoms with van der Waals surface area (Å²) >= 11 is 0. The van der Waals surface area contributed by atoms with Crippen molar-refractivity contribution in [2.75, 3.05) is 19.8 Å². The Balaban J connectivity index is 2.03. The molecule has 92 valence electrons. The van der Waals surface area contributed by atoms with Crippen LogP contribution >= 0.6 is 0 Å². The summed E-state index contributed by atoms with van der Waals surface area (Å²) in [7, 11) is 0. The Hall–Kier alpha value is -0.870. The Morgan fingerprint density at radius 1 is 1.38 bits per heavy atom. The smallest absolute Gasteiger partial charge is 0.0521 e. The molecule has 1 aromatic heterocycles. The molecule has 0 bridgehead atoms. The van der Waals surface area contributed by atoms with Crippen molar-refractivity contribution in [1.29, 1.82) is 0 Å². The summed E-state index contributed by atoms with van der Waals surface area (Å²) in [6.45, 7) is 8.79. The zero-order chi connectivity index (χ0) is 11.6. The van der Waals surface area contributed by atoms with Gasteiger partial charge in [-0.3, -0.25) is 4.68 Å². The highest BCUT2D eigenvalue weighted by molar-refractivity contribution is 4.99. The van der Waals surface area contributed by atoms with Gasteiger partial charge in [-0.1, -0.05) is 6.92 Å². The third kappa shape index (κ3) is 4.77. The lowest BCUT2D eigenvalue weighted by Crippen LogP contribution is -2.19. The van der Waals surface area contributed by atoms with Crippen LogP contribution in [0.25, 0.3) is 0 Å². The van der Waals surface area contributed by atoms with Crippen molar-refractivity contribution in [2.24, 2.45) is 0 Å². The lowest BCUT2D eigenvalue weighted by molar-refractivity contribution is 0.132. The molecule has 0 amide bonds. The van der Waals surface area contributed by atoms with E-state index in [1.807, 2.05) is 10.9 Å². The van der Waals surface area contributed by atoms with E-state index in [-0.39, 0.29) is 0 Å². The predicted octanol–water partition coefficient (Wildman–Crippen LogP) is 1.81. The number of nitrogens with zero attached hydrogens (tertiary/aromatic N) is 2. The van der Waals surface area contributed by atoms with Gasteiger partial charge in [-0.05, 0) is 32.4 Å². The van der Waals surface area contributed by atoms with Crippen molar-refractivity contribution in [2.45, 2.75) is 39.8 Å². The number of rotatable bonds is 9. The van der Waals surface area contributed by atoms with Crippen LogP contribution in [-0.4, -0.2) is 29.5 Å². The number of aryl methyl sites for hydroxylation is 1. The molecular formula is C12H23N3O. The van der Waals surface area contributed by atoms with Gasteiger partial charge in [-0.25, -0.2) is 0 Å². The van der Waals surface area contributed by atoms with E-state index < -0.39 is 0 Å². The summed E-state index contributed by atoms with van der Waals surface area (Å²) in [4.78, 5) is 0. The summed E-state index contributed by atoms with van der Waals surface area (Å²) in [5.74, 6) is 0. The van der Waals surface area contributed by atoms with Gasteiger partial charge >= 0.3 is 0 Å². The van der Waals surface area contributed by atoms with Crippen molar-refractivity contribution >= 4 is 0 Å². The van der Waals surface area contributed by atoms with E-state index in [2.05, 4.69) is 30.3 Å². The van der Waals surface area contributed by atoms with Crippen LogP contribution in [0.4, 0.5) is 0 Å². The Morgan fingerprint density at radius 3 is 3.00 bits per heavy atom. The molecule has 0 radical (unpaired) electrons. The number of nitrogens with one attached hydrogen (secondary N) is 1. The van der Waals surface area contributed by atoms with Crippen molar-refractivity contribution in [3.05, 3.63) is 18.0 Å². The van der Waals surface area contributed by atoms with Crippen LogP contribution in [0.5, 0.6) is 0 Å². The van der Waals surface area contributed by atoms with E-state index in [0.29, 0.717) is 0 Å². The molecule has 16 heavy (non-hydrogen) atoms. The maximum Gasteiger partial charge on any atom is 0.0521 e. The lowest BCUT2D eigenvalue weighted by Gasteiger charge is -2.07. The van der Waals surface area contributed by atoms with Crippen molar-refractivity contribution < 1.29 is 4.74 Å².